The summed E-state index contributed by atoms with van der Waals surface area (Å²) in [6, 6.07) is 0. The zero-order valence-corrected chi connectivity index (χ0v) is 18.4. The highest BCUT2D eigenvalue weighted by Gasteiger charge is 2.58. The largest absolute Gasteiger partial charge is 0.390 e. The number of rotatable bonds is 3. The third kappa shape index (κ3) is 3.37. The van der Waals surface area contributed by atoms with Gasteiger partial charge in [0.15, 0.2) is 5.78 Å². The van der Waals surface area contributed by atoms with Crippen LogP contribution in [0.1, 0.15) is 78.6 Å². The molecule has 4 aliphatic carbocycles. The second kappa shape index (κ2) is 7.05. The van der Waals surface area contributed by atoms with Crippen molar-refractivity contribution in [2.24, 2.45) is 45.9 Å². The first-order valence-corrected chi connectivity index (χ1v) is 12.1. The van der Waals surface area contributed by atoms with E-state index < -0.39 is 5.60 Å². The fraction of sp³-hybridized carbons (Fsp3) is 0.917. The molecule has 5 heteroatoms. The number of Topliss-reactive ketones (excluding diaryl/α,β-unsaturated/α-hetero) is 1. The van der Waals surface area contributed by atoms with E-state index in [0.717, 1.165) is 48.9 Å². The molecule has 9 atom stereocenters. The second-order valence-corrected chi connectivity index (χ2v) is 11.5. The molecule has 4 fully saturated rings. The molecule has 0 aromatic rings. The summed E-state index contributed by atoms with van der Waals surface area (Å²) in [6.45, 7) is 6.95. The Morgan fingerprint density at radius 3 is 2.66 bits per heavy atom. The van der Waals surface area contributed by atoms with Gasteiger partial charge in [0.1, 0.15) is 12.5 Å². The fourth-order valence-corrected chi connectivity index (χ4v) is 8.46. The molecule has 0 aromatic carbocycles. The summed E-state index contributed by atoms with van der Waals surface area (Å²) in [7, 11) is 0. The van der Waals surface area contributed by atoms with Crippen LogP contribution in [0.5, 0.6) is 0 Å². The number of carbonyl (C=O) groups is 1. The van der Waals surface area contributed by atoms with Gasteiger partial charge in [-0.2, -0.15) is 0 Å². The van der Waals surface area contributed by atoms with Crippen molar-refractivity contribution >= 4 is 12.1 Å². The minimum absolute atomic E-state index is 0.0802. The molecular weight excluding hydrogens is 362 g/mol. The van der Waals surface area contributed by atoms with Gasteiger partial charge in [0.25, 0.3) is 0 Å². The van der Waals surface area contributed by atoms with E-state index in [1.807, 2.05) is 18.9 Å². The number of nitrogens with one attached hydrogen (secondary N) is 1. The van der Waals surface area contributed by atoms with Crippen LogP contribution >= 0.6 is 0 Å². The van der Waals surface area contributed by atoms with Crippen LogP contribution < -0.4 is 5.43 Å². The van der Waals surface area contributed by atoms with E-state index in [1.165, 1.54) is 38.5 Å². The molecule has 5 nitrogen and oxygen atoms in total. The zero-order valence-electron chi connectivity index (χ0n) is 18.4. The molecule has 0 spiro atoms. The van der Waals surface area contributed by atoms with E-state index in [4.69, 9.17) is 0 Å². The maximum atomic E-state index is 13.3. The molecule has 1 aliphatic heterocycles. The van der Waals surface area contributed by atoms with Crippen molar-refractivity contribution in [1.29, 1.82) is 0 Å². The monoisotopic (exact) mass is 401 g/mol. The highest BCUT2D eigenvalue weighted by Crippen LogP contribution is 2.64. The van der Waals surface area contributed by atoms with E-state index in [-0.39, 0.29) is 17.5 Å². The van der Waals surface area contributed by atoms with Gasteiger partial charge >= 0.3 is 0 Å². The van der Waals surface area contributed by atoms with Gasteiger partial charge in [-0.1, -0.05) is 6.92 Å². The van der Waals surface area contributed by atoms with Gasteiger partial charge in [0.05, 0.1) is 12.1 Å². The predicted molar refractivity (Wildman–Crippen MR) is 114 cm³/mol. The summed E-state index contributed by atoms with van der Waals surface area (Å²) in [5.41, 5.74) is 3.00. The first-order valence-electron chi connectivity index (χ1n) is 12.1. The molecule has 0 amide bonds. The predicted octanol–water partition coefficient (Wildman–Crippen LogP) is 3.77. The minimum Gasteiger partial charge on any atom is -0.390 e. The maximum absolute atomic E-state index is 13.3. The molecule has 162 valence electrons. The van der Waals surface area contributed by atoms with E-state index in [2.05, 4.69) is 17.3 Å². The van der Waals surface area contributed by atoms with Crippen molar-refractivity contribution in [1.82, 2.24) is 10.4 Å². The van der Waals surface area contributed by atoms with Crippen LogP contribution in [-0.2, 0) is 4.79 Å². The smallest absolute Gasteiger partial charge is 0.157 e. The van der Waals surface area contributed by atoms with Crippen molar-refractivity contribution in [3.8, 4) is 0 Å². The first-order chi connectivity index (χ1) is 13.8. The average molecular weight is 402 g/mol. The number of aliphatic hydroxyl groups is 1. The van der Waals surface area contributed by atoms with Gasteiger partial charge in [-0.15, -0.1) is 0 Å². The second-order valence-electron chi connectivity index (χ2n) is 11.5. The Hall–Kier alpha value is -0.940. The van der Waals surface area contributed by atoms with E-state index in [0.29, 0.717) is 12.3 Å². The molecule has 5 rings (SSSR count). The Kier molecular flexibility index (Phi) is 4.86. The van der Waals surface area contributed by atoms with Gasteiger partial charge in [-0.3, -0.25) is 14.8 Å². The third-order valence-corrected chi connectivity index (χ3v) is 9.73. The quantitative estimate of drug-likeness (QED) is 0.756. The van der Waals surface area contributed by atoms with E-state index in [1.54, 1.807) is 6.34 Å². The Morgan fingerprint density at radius 2 is 1.90 bits per heavy atom. The normalized spacial score (nSPS) is 51.4. The summed E-state index contributed by atoms with van der Waals surface area (Å²) < 4.78 is 0. The average Bonchev–Trinajstić information content (AvgIpc) is 3.22. The molecule has 0 radical (unpaired) electrons. The number of fused-ring (bicyclic) bond motifs is 5. The highest BCUT2D eigenvalue weighted by molar-refractivity contribution is 5.85. The Balaban J connectivity index is 1.28. The van der Waals surface area contributed by atoms with Crippen LogP contribution in [0.4, 0.5) is 0 Å². The lowest BCUT2D eigenvalue weighted by Crippen LogP contribution is -2.51. The minimum atomic E-state index is -0.438. The molecule has 4 saturated carbocycles. The van der Waals surface area contributed by atoms with E-state index in [9.17, 15) is 9.90 Å². The van der Waals surface area contributed by atoms with Gasteiger partial charge in [-0.05, 0) is 107 Å². The number of carbonyl (C=O) groups excluding carboxylic acids is 1. The number of hydrazine groups is 1. The Bertz CT molecular complexity index is 692. The maximum Gasteiger partial charge on any atom is 0.157 e. The number of aliphatic imine (C=N–C) groups is 1. The lowest BCUT2D eigenvalue weighted by Gasteiger charge is -2.56. The Morgan fingerprint density at radius 1 is 1.10 bits per heavy atom. The third-order valence-electron chi connectivity index (χ3n) is 9.73. The SMILES string of the molecule is CC1N=CN(CC(=O)[C@H]2CC[C@H]3C4CC[C@@H]5C[C@](C)(O)CC[C@@H]5[C@H]4CCC23C)N1. The molecular formula is C24H39N3O2. The zero-order chi connectivity index (χ0) is 20.4. The lowest BCUT2D eigenvalue weighted by atomic mass is 9.49. The lowest BCUT2D eigenvalue weighted by molar-refractivity contribution is -0.133. The van der Waals surface area contributed by atoms with Crippen molar-refractivity contribution in [3.63, 3.8) is 0 Å². The number of nitrogens with zero attached hydrogens (tertiary/aromatic N) is 2. The number of ketones is 1. The first kappa shape index (κ1) is 20.0. The van der Waals surface area contributed by atoms with Crippen LogP contribution in [-0.4, -0.2) is 40.5 Å². The molecule has 0 aromatic heterocycles. The van der Waals surface area contributed by atoms with Crippen LogP contribution in [0.2, 0.25) is 0 Å². The number of hydrogen-bond donors (Lipinski definition) is 2. The molecule has 5 aliphatic rings. The van der Waals surface area contributed by atoms with Crippen LogP contribution in [0, 0.1) is 40.9 Å². The molecule has 29 heavy (non-hydrogen) atoms. The van der Waals surface area contributed by atoms with Crippen molar-refractivity contribution in [2.75, 3.05) is 6.54 Å². The van der Waals surface area contributed by atoms with Gasteiger partial charge in [0, 0.05) is 5.92 Å². The van der Waals surface area contributed by atoms with Crippen LogP contribution in [0.25, 0.3) is 0 Å². The molecule has 2 N–H and O–H groups in total. The Labute approximate surface area is 175 Å². The highest BCUT2D eigenvalue weighted by atomic mass is 16.3. The fourth-order valence-electron chi connectivity index (χ4n) is 8.46. The summed E-state index contributed by atoms with van der Waals surface area (Å²) in [5.74, 6) is 4.53. The van der Waals surface area contributed by atoms with Crippen LogP contribution in [0.15, 0.2) is 4.99 Å². The molecule has 0 bridgehead atoms. The standard InChI is InChI=1S/C24H39N3O2/c1-15-25-14-27(26-15)13-22(28)21-7-6-20-19-5-4-16-12-23(2,29)10-8-17(16)18(19)9-11-24(20,21)3/h14-21,26,29H,4-13H2,1-3H3/t15?,16-,17+,18-,19?,20+,21-,23-,24?/m1/s1. The van der Waals surface area contributed by atoms with E-state index >= 15 is 0 Å². The van der Waals surface area contributed by atoms with Crippen molar-refractivity contribution in [3.05, 3.63) is 0 Å². The van der Waals surface area contributed by atoms with Crippen LogP contribution in [0.3, 0.4) is 0 Å². The molecule has 3 unspecified atom stereocenters. The topological polar surface area (TPSA) is 64.9 Å². The summed E-state index contributed by atoms with van der Waals surface area (Å²) in [4.78, 5) is 17.6. The summed E-state index contributed by atoms with van der Waals surface area (Å²) in [5, 5.41) is 12.5. The van der Waals surface area contributed by atoms with Gasteiger partial charge in [-0.25, -0.2) is 5.43 Å². The molecule has 1 heterocycles. The van der Waals surface area contributed by atoms with Gasteiger partial charge in [0.2, 0.25) is 0 Å². The van der Waals surface area contributed by atoms with Gasteiger partial charge < -0.3 is 5.11 Å². The van der Waals surface area contributed by atoms with Crippen molar-refractivity contribution < 1.29 is 9.90 Å². The summed E-state index contributed by atoms with van der Waals surface area (Å²) >= 11 is 0. The molecule has 0 saturated heterocycles. The van der Waals surface area contributed by atoms with Crippen molar-refractivity contribution in [2.45, 2.75) is 90.3 Å². The number of hydrogen-bond acceptors (Lipinski definition) is 5. The summed E-state index contributed by atoms with van der Waals surface area (Å²) in [6.07, 6.45) is 12.5.